The number of hydrogen-bond donors (Lipinski definition) is 2. The molecule has 2 atom stereocenters. The largest absolute Gasteiger partial charge is 0.467 e. The third-order valence-electron chi connectivity index (χ3n) is 4.79. The van der Waals surface area contributed by atoms with Crippen molar-refractivity contribution in [2.45, 2.75) is 31.2 Å². The third-order valence-corrected chi connectivity index (χ3v) is 5.14. The Morgan fingerprint density at radius 2 is 2.03 bits per heavy atom. The first-order valence-electron chi connectivity index (χ1n) is 8.91. The summed E-state index contributed by atoms with van der Waals surface area (Å²) in [6.07, 6.45) is -3.60. The van der Waals surface area contributed by atoms with Gasteiger partial charge >= 0.3 is 6.18 Å². The van der Waals surface area contributed by atoms with Gasteiger partial charge in [0.1, 0.15) is 22.4 Å². The number of hydrogen-bond acceptors (Lipinski definition) is 4. The van der Waals surface area contributed by atoms with Crippen molar-refractivity contribution in [1.29, 1.82) is 0 Å². The summed E-state index contributed by atoms with van der Waals surface area (Å²) in [6.45, 7) is 0.0265. The highest BCUT2D eigenvalue weighted by atomic mass is 35.5. The number of alkyl halides is 3. The Morgan fingerprint density at radius 3 is 2.67 bits per heavy atom. The minimum Gasteiger partial charge on any atom is -0.467 e. The second-order valence-corrected chi connectivity index (χ2v) is 7.14. The Labute approximate surface area is 172 Å². The first-order valence-corrected chi connectivity index (χ1v) is 9.29. The molecule has 30 heavy (non-hydrogen) atoms. The molecule has 6 nitrogen and oxygen atoms in total. The smallest absolute Gasteiger partial charge is 0.410 e. The van der Waals surface area contributed by atoms with Gasteiger partial charge in [0, 0.05) is 6.42 Å². The molecular weight excluding hydrogens is 428 g/mol. The molecule has 0 bridgehead atoms. The number of rotatable bonds is 4. The monoisotopic (exact) mass is 442 g/mol. The van der Waals surface area contributed by atoms with E-state index in [9.17, 15) is 22.4 Å². The molecule has 1 aromatic carbocycles. The first-order chi connectivity index (χ1) is 14.2. The maximum absolute atomic E-state index is 13.7. The van der Waals surface area contributed by atoms with Crippen LogP contribution in [0.3, 0.4) is 0 Å². The Hall–Kier alpha value is -3.01. The van der Waals surface area contributed by atoms with E-state index < -0.39 is 36.4 Å². The van der Waals surface area contributed by atoms with E-state index in [0.717, 1.165) is 0 Å². The number of aromatic nitrogens is 2. The number of nitrogens with one attached hydrogen (secondary N) is 2. The zero-order chi connectivity index (χ0) is 21.5. The van der Waals surface area contributed by atoms with Crippen molar-refractivity contribution in [3.63, 3.8) is 0 Å². The molecule has 0 fully saturated rings. The number of anilines is 1. The van der Waals surface area contributed by atoms with Gasteiger partial charge in [-0.2, -0.15) is 18.3 Å². The highest BCUT2D eigenvalue weighted by molar-refractivity contribution is 6.36. The van der Waals surface area contributed by atoms with Gasteiger partial charge in [0.15, 0.2) is 11.7 Å². The second kappa shape index (κ2) is 7.67. The molecule has 0 spiro atoms. The lowest BCUT2D eigenvalue weighted by Crippen LogP contribution is -2.35. The maximum atomic E-state index is 13.7. The van der Waals surface area contributed by atoms with E-state index in [4.69, 9.17) is 16.0 Å². The Kier molecular flexibility index (Phi) is 5.19. The topological polar surface area (TPSA) is 72.1 Å². The lowest BCUT2D eigenvalue weighted by atomic mass is 9.97. The summed E-state index contributed by atoms with van der Waals surface area (Å²) in [5, 5.41) is 9.02. The molecule has 1 aliphatic heterocycles. The molecule has 0 saturated heterocycles. The van der Waals surface area contributed by atoms with E-state index in [1.165, 1.54) is 30.5 Å². The number of amides is 1. The lowest BCUT2D eigenvalue weighted by Gasteiger charge is -2.33. The molecule has 2 N–H and O–H groups in total. The zero-order valence-electron chi connectivity index (χ0n) is 15.2. The van der Waals surface area contributed by atoms with Gasteiger partial charge in [-0.15, -0.1) is 0 Å². The van der Waals surface area contributed by atoms with Crippen LogP contribution in [0.4, 0.5) is 23.4 Å². The predicted octanol–water partition coefficient (Wildman–Crippen LogP) is 4.86. The summed E-state index contributed by atoms with van der Waals surface area (Å²) >= 11 is 6.23. The molecule has 0 aliphatic carbocycles. The van der Waals surface area contributed by atoms with Crippen molar-refractivity contribution in [2.24, 2.45) is 0 Å². The fourth-order valence-corrected chi connectivity index (χ4v) is 3.58. The standard InChI is InChI=1S/C19H15ClF4N4O2/c20-15-16(18(29)25-9-12-2-1-7-30-12)27-28-14(19(22,23)24)8-13(26-17(15)28)10-3-5-11(21)6-4-10/h1-7,13-14,26H,8-9H2,(H,25,29)/t13-,14+/m0/s1. The lowest BCUT2D eigenvalue weighted by molar-refractivity contribution is -0.173. The number of carbonyl (C=O) groups excluding carboxylic acids is 1. The van der Waals surface area contributed by atoms with E-state index >= 15 is 0 Å². The average Bonchev–Trinajstić information content (AvgIpc) is 3.33. The van der Waals surface area contributed by atoms with Crippen molar-refractivity contribution in [3.05, 3.63) is 70.5 Å². The number of furan rings is 1. The highest BCUT2D eigenvalue weighted by Crippen LogP contribution is 2.46. The van der Waals surface area contributed by atoms with Gasteiger partial charge in [-0.1, -0.05) is 23.7 Å². The quantitative estimate of drug-likeness (QED) is 0.566. The maximum Gasteiger partial charge on any atom is 0.410 e. The molecule has 3 heterocycles. The molecule has 11 heteroatoms. The summed E-state index contributed by atoms with van der Waals surface area (Å²) in [5.41, 5.74) is 0.123. The summed E-state index contributed by atoms with van der Waals surface area (Å²) in [6, 6.07) is 5.60. The van der Waals surface area contributed by atoms with Gasteiger partial charge in [-0.25, -0.2) is 9.07 Å². The van der Waals surface area contributed by atoms with E-state index in [-0.39, 0.29) is 23.1 Å². The van der Waals surface area contributed by atoms with Gasteiger partial charge in [-0.3, -0.25) is 4.79 Å². The Morgan fingerprint density at radius 1 is 1.30 bits per heavy atom. The number of halogens is 5. The van der Waals surface area contributed by atoms with Crippen molar-refractivity contribution in [2.75, 3.05) is 5.32 Å². The molecule has 0 saturated carbocycles. The van der Waals surface area contributed by atoms with E-state index in [0.29, 0.717) is 16.0 Å². The minimum absolute atomic E-state index is 0.0265. The normalized spacial score (nSPS) is 18.6. The fourth-order valence-electron chi connectivity index (χ4n) is 3.31. The SMILES string of the molecule is O=C(NCc1ccco1)c1nn2c(c1Cl)N[C@H](c1ccc(F)cc1)C[C@@H]2C(F)(F)F. The number of fused-ring (bicyclic) bond motifs is 1. The van der Waals surface area contributed by atoms with Crippen molar-refractivity contribution < 1.29 is 26.8 Å². The number of nitrogens with zero attached hydrogens (tertiary/aromatic N) is 2. The van der Waals surface area contributed by atoms with Gasteiger partial charge in [0.2, 0.25) is 0 Å². The van der Waals surface area contributed by atoms with Crippen LogP contribution in [0.25, 0.3) is 0 Å². The van der Waals surface area contributed by atoms with E-state index in [2.05, 4.69) is 15.7 Å². The van der Waals surface area contributed by atoms with Crippen LogP contribution in [0.5, 0.6) is 0 Å². The fraction of sp³-hybridized carbons (Fsp3) is 0.263. The summed E-state index contributed by atoms with van der Waals surface area (Å²) in [5.74, 6) is -0.895. The summed E-state index contributed by atoms with van der Waals surface area (Å²) in [4.78, 5) is 12.5. The van der Waals surface area contributed by atoms with Crippen LogP contribution in [0.1, 0.15) is 40.3 Å². The first kappa shape index (κ1) is 20.3. The zero-order valence-corrected chi connectivity index (χ0v) is 16.0. The molecule has 2 aromatic heterocycles. The molecule has 3 aromatic rings. The Balaban J connectivity index is 1.65. The van der Waals surface area contributed by atoms with Crippen LogP contribution in [0, 0.1) is 5.82 Å². The average molecular weight is 443 g/mol. The summed E-state index contributed by atoms with van der Waals surface area (Å²) in [7, 11) is 0. The van der Waals surface area contributed by atoms with Crippen LogP contribution >= 0.6 is 11.6 Å². The van der Waals surface area contributed by atoms with E-state index in [1.807, 2.05) is 0 Å². The van der Waals surface area contributed by atoms with Crippen LogP contribution < -0.4 is 10.6 Å². The number of carbonyl (C=O) groups is 1. The van der Waals surface area contributed by atoms with Crippen LogP contribution in [-0.2, 0) is 6.54 Å². The van der Waals surface area contributed by atoms with E-state index in [1.54, 1.807) is 12.1 Å². The Bertz CT molecular complexity index is 1050. The predicted molar refractivity (Wildman–Crippen MR) is 99.6 cm³/mol. The van der Waals surface area contributed by atoms with Crippen molar-refractivity contribution in [3.8, 4) is 0 Å². The van der Waals surface area contributed by atoms with Crippen LogP contribution in [0.15, 0.2) is 47.1 Å². The van der Waals surface area contributed by atoms with Gasteiger partial charge < -0.3 is 15.1 Å². The summed E-state index contributed by atoms with van der Waals surface area (Å²) < 4.78 is 60.2. The van der Waals surface area contributed by atoms with Crippen molar-refractivity contribution in [1.82, 2.24) is 15.1 Å². The molecule has 0 unspecified atom stereocenters. The third kappa shape index (κ3) is 3.87. The highest BCUT2D eigenvalue weighted by Gasteiger charge is 2.47. The molecule has 4 rings (SSSR count). The van der Waals surface area contributed by atoms with Gasteiger partial charge in [-0.05, 0) is 29.8 Å². The second-order valence-electron chi connectivity index (χ2n) is 6.76. The molecular formula is C19H15ClF4N4O2. The van der Waals surface area contributed by atoms with Crippen LogP contribution in [-0.4, -0.2) is 21.9 Å². The minimum atomic E-state index is -4.63. The van der Waals surface area contributed by atoms with Crippen molar-refractivity contribution >= 4 is 23.3 Å². The molecule has 1 aliphatic rings. The van der Waals surface area contributed by atoms with Crippen LogP contribution in [0.2, 0.25) is 5.02 Å². The van der Waals surface area contributed by atoms with Gasteiger partial charge in [0.25, 0.3) is 5.91 Å². The number of benzene rings is 1. The van der Waals surface area contributed by atoms with Gasteiger partial charge in [0.05, 0.1) is 18.8 Å². The molecule has 0 radical (unpaired) electrons. The molecule has 1 amide bonds. The molecule has 158 valence electrons.